The molecule has 0 aliphatic heterocycles. The number of carbonyl (C=O) groups excluding carboxylic acids is 1. The summed E-state index contributed by atoms with van der Waals surface area (Å²) in [5, 5.41) is 0. The van der Waals surface area contributed by atoms with E-state index < -0.39 is 5.54 Å². The average Bonchev–Trinajstić information content (AvgIpc) is 2.18. The number of nitrogens with two attached hydrogens (primary N) is 1. The van der Waals surface area contributed by atoms with Crippen molar-refractivity contribution >= 4 is 18.3 Å². The second-order valence-electron chi connectivity index (χ2n) is 4.26. The van der Waals surface area contributed by atoms with Crippen LogP contribution in [0.3, 0.4) is 0 Å². The van der Waals surface area contributed by atoms with Gasteiger partial charge in [-0.2, -0.15) is 0 Å². The lowest BCUT2D eigenvalue weighted by Crippen LogP contribution is -2.51. The van der Waals surface area contributed by atoms with E-state index in [-0.39, 0.29) is 18.3 Å². The first-order chi connectivity index (χ1) is 6.94. The molecule has 0 fully saturated rings. The summed E-state index contributed by atoms with van der Waals surface area (Å²) < 4.78 is 0. The minimum Gasteiger partial charge on any atom is -0.368 e. The number of likely N-dealkylation sites (N-methyl/N-ethyl adjacent to an activating group) is 1. The minimum atomic E-state index is -0.615. The SMILES string of the molecule is CN(Cc1ccccc1)C(C)(C)C(N)=O.Cl. The largest absolute Gasteiger partial charge is 0.368 e. The van der Waals surface area contributed by atoms with Gasteiger partial charge in [0.1, 0.15) is 0 Å². The van der Waals surface area contributed by atoms with Gasteiger partial charge in [-0.05, 0) is 26.5 Å². The topological polar surface area (TPSA) is 46.3 Å². The van der Waals surface area contributed by atoms with Crippen molar-refractivity contribution in [3.05, 3.63) is 35.9 Å². The Kier molecular flexibility index (Phi) is 5.48. The number of nitrogens with zero attached hydrogens (tertiary/aromatic N) is 1. The number of primary amides is 1. The molecule has 0 aliphatic carbocycles. The van der Waals surface area contributed by atoms with Gasteiger partial charge in [0, 0.05) is 6.54 Å². The summed E-state index contributed by atoms with van der Waals surface area (Å²) in [5.74, 6) is -0.305. The number of carbonyl (C=O) groups is 1. The van der Waals surface area contributed by atoms with Crippen molar-refractivity contribution in [1.82, 2.24) is 4.90 Å². The van der Waals surface area contributed by atoms with Gasteiger partial charge in [0.15, 0.2) is 0 Å². The first kappa shape index (κ1) is 14.9. The highest BCUT2D eigenvalue weighted by molar-refractivity contribution is 5.85. The fraction of sp³-hybridized carbons (Fsp3) is 0.417. The molecule has 1 aromatic rings. The summed E-state index contributed by atoms with van der Waals surface area (Å²) in [6.45, 7) is 4.38. The highest BCUT2D eigenvalue weighted by Gasteiger charge is 2.29. The fourth-order valence-corrected chi connectivity index (χ4v) is 1.24. The highest BCUT2D eigenvalue weighted by Crippen LogP contribution is 2.14. The van der Waals surface area contributed by atoms with E-state index in [4.69, 9.17) is 5.73 Å². The maximum Gasteiger partial charge on any atom is 0.237 e. The molecule has 90 valence electrons. The molecule has 1 amide bonds. The van der Waals surface area contributed by atoms with Gasteiger partial charge in [0.2, 0.25) is 5.91 Å². The molecule has 4 heteroatoms. The number of halogens is 1. The summed E-state index contributed by atoms with van der Waals surface area (Å²) >= 11 is 0. The zero-order valence-corrected chi connectivity index (χ0v) is 10.8. The second-order valence-corrected chi connectivity index (χ2v) is 4.26. The Bertz CT molecular complexity index is 338. The van der Waals surface area contributed by atoms with Gasteiger partial charge in [-0.3, -0.25) is 9.69 Å². The van der Waals surface area contributed by atoms with Crippen LogP contribution in [0.25, 0.3) is 0 Å². The van der Waals surface area contributed by atoms with E-state index in [1.165, 1.54) is 5.56 Å². The molecule has 16 heavy (non-hydrogen) atoms. The lowest BCUT2D eigenvalue weighted by molar-refractivity contribution is -0.127. The van der Waals surface area contributed by atoms with Crippen LogP contribution in [0, 0.1) is 0 Å². The van der Waals surface area contributed by atoms with E-state index in [9.17, 15) is 4.79 Å². The Labute approximate surface area is 103 Å². The monoisotopic (exact) mass is 242 g/mol. The molecule has 0 atom stereocenters. The number of benzene rings is 1. The van der Waals surface area contributed by atoms with Gasteiger partial charge in [-0.1, -0.05) is 30.3 Å². The average molecular weight is 243 g/mol. The molecular weight excluding hydrogens is 224 g/mol. The highest BCUT2D eigenvalue weighted by atomic mass is 35.5. The molecular formula is C12H19ClN2O. The van der Waals surface area contributed by atoms with Crippen LogP contribution in [-0.4, -0.2) is 23.4 Å². The Morgan fingerprint density at radius 1 is 1.31 bits per heavy atom. The molecule has 0 aromatic heterocycles. The van der Waals surface area contributed by atoms with Crippen LogP contribution in [0.15, 0.2) is 30.3 Å². The molecule has 0 heterocycles. The minimum absolute atomic E-state index is 0. The fourth-order valence-electron chi connectivity index (χ4n) is 1.24. The number of hydrogen-bond donors (Lipinski definition) is 1. The summed E-state index contributed by atoms with van der Waals surface area (Å²) in [7, 11) is 1.90. The van der Waals surface area contributed by atoms with Crippen LogP contribution in [-0.2, 0) is 11.3 Å². The van der Waals surface area contributed by atoms with E-state index in [2.05, 4.69) is 0 Å². The van der Waals surface area contributed by atoms with Crippen LogP contribution < -0.4 is 5.73 Å². The van der Waals surface area contributed by atoms with Gasteiger partial charge in [-0.25, -0.2) is 0 Å². The molecule has 0 bridgehead atoms. The molecule has 0 radical (unpaired) electrons. The van der Waals surface area contributed by atoms with Crippen molar-refractivity contribution in [3.63, 3.8) is 0 Å². The predicted octanol–water partition coefficient (Wildman–Crippen LogP) is 1.80. The third-order valence-corrected chi connectivity index (χ3v) is 2.82. The van der Waals surface area contributed by atoms with E-state index in [1.807, 2.05) is 56.1 Å². The maximum absolute atomic E-state index is 11.2. The van der Waals surface area contributed by atoms with Gasteiger partial charge in [-0.15, -0.1) is 12.4 Å². The lowest BCUT2D eigenvalue weighted by Gasteiger charge is -2.32. The van der Waals surface area contributed by atoms with E-state index in [0.29, 0.717) is 0 Å². The number of rotatable bonds is 4. The third kappa shape index (κ3) is 3.51. The van der Waals surface area contributed by atoms with Gasteiger partial charge in [0.25, 0.3) is 0 Å². The van der Waals surface area contributed by atoms with Crippen LogP contribution in [0.5, 0.6) is 0 Å². The molecule has 0 saturated heterocycles. The van der Waals surface area contributed by atoms with Crippen molar-refractivity contribution in [3.8, 4) is 0 Å². The maximum atomic E-state index is 11.2. The van der Waals surface area contributed by atoms with Gasteiger partial charge < -0.3 is 5.73 Å². The smallest absolute Gasteiger partial charge is 0.237 e. The lowest BCUT2D eigenvalue weighted by atomic mass is 10.0. The van der Waals surface area contributed by atoms with Crippen LogP contribution in [0.4, 0.5) is 0 Å². The van der Waals surface area contributed by atoms with Crippen molar-refractivity contribution in [2.75, 3.05) is 7.05 Å². The third-order valence-electron chi connectivity index (χ3n) is 2.82. The summed E-state index contributed by atoms with van der Waals surface area (Å²) in [6, 6.07) is 10.0. The Balaban J connectivity index is 0.00000225. The number of hydrogen-bond acceptors (Lipinski definition) is 2. The summed E-state index contributed by atoms with van der Waals surface area (Å²) in [6.07, 6.45) is 0. The molecule has 3 nitrogen and oxygen atoms in total. The zero-order valence-electron chi connectivity index (χ0n) is 9.93. The second kappa shape index (κ2) is 5.87. The van der Waals surface area contributed by atoms with Crippen molar-refractivity contribution in [2.45, 2.75) is 25.9 Å². The van der Waals surface area contributed by atoms with E-state index in [0.717, 1.165) is 6.54 Å². The molecule has 1 aromatic carbocycles. The van der Waals surface area contributed by atoms with E-state index >= 15 is 0 Å². The molecule has 0 aliphatic rings. The predicted molar refractivity (Wildman–Crippen MR) is 68.4 cm³/mol. The molecule has 0 saturated carbocycles. The molecule has 0 spiro atoms. The molecule has 2 N–H and O–H groups in total. The first-order valence-electron chi connectivity index (χ1n) is 4.99. The van der Waals surface area contributed by atoms with Gasteiger partial charge >= 0.3 is 0 Å². The molecule has 1 rings (SSSR count). The van der Waals surface area contributed by atoms with Crippen LogP contribution >= 0.6 is 12.4 Å². The van der Waals surface area contributed by atoms with Crippen LogP contribution in [0.1, 0.15) is 19.4 Å². The standard InChI is InChI=1S/C12H18N2O.ClH/c1-12(2,11(13)15)14(3)9-10-7-5-4-6-8-10;/h4-8H,9H2,1-3H3,(H2,13,15);1H. The van der Waals surface area contributed by atoms with Crippen LogP contribution in [0.2, 0.25) is 0 Å². The van der Waals surface area contributed by atoms with Crippen molar-refractivity contribution < 1.29 is 4.79 Å². The van der Waals surface area contributed by atoms with Gasteiger partial charge in [0.05, 0.1) is 5.54 Å². The Morgan fingerprint density at radius 2 is 1.81 bits per heavy atom. The normalized spacial score (nSPS) is 11.0. The quantitative estimate of drug-likeness (QED) is 0.875. The molecule has 0 unspecified atom stereocenters. The zero-order chi connectivity index (χ0) is 11.5. The Morgan fingerprint density at radius 3 is 2.25 bits per heavy atom. The van der Waals surface area contributed by atoms with Crippen molar-refractivity contribution in [1.29, 1.82) is 0 Å². The summed E-state index contributed by atoms with van der Waals surface area (Å²) in [5.41, 5.74) is 5.90. The van der Waals surface area contributed by atoms with Crippen molar-refractivity contribution in [2.24, 2.45) is 5.73 Å². The Hall–Kier alpha value is -1.06. The number of amides is 1. The first-order valence-corrected chi connectivity index (χ1v) is 4.99. The summed E-state index contributed by atoms with van der Waals surface area (Å²) in [4.78, 5) is 13.2. The van der Waals surface area contributed by atoms with E-state index in [1.54, 1.807) is 0 Å².